The van der Waals surface area contributed by atoms with E-state index in [1.165, 1.54) is 0 Å². The summed E-state index contributed by atoms with van der Waals surface area (Å²) in [5, 5.41) is 21.5. The zero-order chi connectivity index (χ0) is 7.56. The second-order valence-corrected chi connectivity index (χ2v) is 1.57. The maximum Gasteiger partial charge on any atom is 0.362 e. The lowest BCUT2D eigenvalue weighted by Gasteiger charge is -1.82. The summed E-state index contributed by atoms with van der Waals surface area (Å²) in [5.41, 5.74) is -0.407. The van der Waals surface area contributed by atoms with Gasteiger partial charge in [-0.25, -0.2) is 4.79 Å². The summed E-state index contributed by atoms with van der Waals surface area (Å²) in [5.74, 6) is -0.782. The first kappa shape index (κ1) is 6.53. The second-order valence-electron chi connectivity index (χ2n) is 1.57. The summed E-state index contributed by atoms with van der Waals surface area (Å²) in [6.07, 6.45) is 0. The number of oxime groups is 2. The third-order valence-electron chi connectivity index (χ3n) is 1.03. The molecule has 0 aromatic carbocycles. The molecule has 1 aliphatic heterocycles. The molecule has 0 unspecified atom stereocenters. The highest BCUT2D eigenvalue weighted by molar-refractivity contribution is 6.68. The zero-order valence-electron chi connectivity index (χ0n) is 4.81. The molecule has 10 heavy (non-hydrogen) atoms. The van der Waals surface area contributed by atoms with Crippen molar-refractivity contribution in [2.45, 2.75) is 0 Å². The Morgan fingerprint density at radius 3 is 2.50 bits per heavy atom. The van der Waals surface area contributed by atoms with E-state index in [-0.39, 0.29) is 18.0 Å². The van der Waals surface area contributed by atoms with Gasteiger partial charge in [0.25, 0.3) is 0 Å². The van der Waals surface area contributed by atoms with Crippen LogP contribution in [0, 0.1) is 0 Å². The molecule has 1 aliphatic rings. The number of cyclic esters (lactones) is 1. The Labute approximate surface area is 55.4 Å². The Hall–Kier alpha value is -1.59. The topological polar surface area (TPSA) is 91.5 Å². The van der Waals surface area contributed by atoms with Gasteiger partial charge in [-0.3, -0.25) is 0 Å². The largest absolute Gasteiger partial charge is 0.454 e. The highest BCUT2D eigenvalue weighted by Crippen LogP contribution is 1.99. The summed E-state index contributed by atoms with van der Waals surface area (Å²) in [6, 6.07) is 0. The molecule has 0 aromatic heterocycles. The Morgan fingerprint density at radius 1 is 1.40 bits per heavy atom. The van der Waals surface area contributed by atoms with Crippen LogP contribution in [0.4, 0.5) is 0 Å². The minimum absolute atomic E-state index is 0.0625. The molecule has 0 amide bonds. The summed E-state index contributed by atoms with van der Waals surface area (Å²) in [6.45, 7) is -0.144. The first-order chi connectivity index (χ1) is 4.79. The summed E-state index contributed by atoms with van der Waals surface area (Å²) in [4.78, 5) is 10.5. The minimum Gasteiger partial charge on any atom is -0.454 e. The fourth-order valence-electron chi connectivity index (χ4n) is 0.563. The predicted octanol–water partition coefficient (Wildman–Crippen LogP) is -0.796. The molecule has 2 N–H and O–H groups in total. The Bertz CT molecular complexity index is 219. The average molecular weight is 144 g/mol. The van der Waals surface area contributed by atoms with Crippen molar-refractivity contribution in [1.82, 2.24) is 0 Å². The van der Waals surface area contributed by atoms with Crippen LogP contribution in [0.2, 0.25) is 0 Å². The van der Waals surface area contributed by atoms with Crippen LogP contribution < -0.4 is 0 Å². The van der Waals surface area contributed by atoms with Crippen LogP contribution in [-0.4, -0.2) is 34.4 Å². The minimum atomic E-state index is -0.782. The molecule has 0 atom stereocenters. The van der Waals surface area contributed by atoms with Crippen LogP contribution in [0.5, 0.6) is 0 Å². The van der Waals surface area contributed by atoms with Gasteiger partial charge in [0, 0.05) is 0 Å². The first-order valence-electron chi connectivity index (χ1n) is 2.40. The van der Waals surface area contributed by atoms with Gasteiger partial charge in [0.2, 0.25) is 5.71 Å². The van der Waals surface area contributed by atoms with E-state index in [1.54, 1.807) is 0 Å². The van der Waals surface area contributed by atoms with Crippen molar-refractivity contribution in [3.05, 3.63) is 0 Å². The Morgan fingerprint density at radius 2 is 2.10 bits per heavy atom. The van der Waals surface area contributed by atoms with E-state index in [2.05, 4.69) is 15.0 Å². The molecule has 1 heterocycles. The normalized spacial score (nSPS) is 25.8. The molecule has 6 nitrogen and oxygen atoms in total. The molecule has 0 radical (unpaired) electrons. The van der Waals surface area contributed by atoms with Crippen LogP contribution >= 0.6 is 0 Å². The molecule has 1 rings (SSSR count). The van der Waals surface area contributed by atoms with E-state index in [0.717, 1.165) is 0 Å². The molecule has 0 spiro atoms. The fraction of sp³-hybridized carbons (Fsp3) is 0.250. The van der Waals surface area contributed by atoms with E-state index < -0.39 is 5.97 Å². The zero-order valence-corrected chi connectivity index (χ0v) is 4.81. The third-order valence-corrected chi connectivity index (χ3v) is 1.03. The van der Waals surface area contributed by atoms with E-state index in [1.807, 2.05) is 0 Å². The van der Waals surface area contributed by atoms with E-state index in [4.69, 9.17) is 10.4 Å². The maximum absolute atomic E-state index is 10.5. The van der Waals surface area contributed by atoms with Gasteiger partial charge in [-0.1, -0.05) is 10.3 Å². The van der Waals surface area contributed by atoms with Crippen molar-refractivity contribution in [3.63, 3.8) is 0 Å². The number of hydrogen-bond donors (Lipinski definition) is 2. The van der Waals surface area contributed by atoms with Crippen molar-refractivity contribution >= 4 is 17.4 Å². The van der Waals surface area contributed by atoms with Crippen LogP contribution in [-0.2, 0) is 9.53 Å². The van der Waals surface area contributed by atoms with Gasteiger partial charge in [0.15, 0.2) is 5.71 Å². The highest BCUT2D eigenvalue weighted by Gasteiger charge is 2.29. The van der Waals surface area contributed by atoms with Crippen molar-refractivity contribution in [1.29, 1.82) is 0 Å². The quantitative estimate of drug-likeness (QED) is 0.264. The SMILES string of the molecule is O=C1OCC(=N\O)/C1=N\O. The number of carbonyl (C=O) groups is 1. The molecular formula is C4H4N2O4. The summed E-state index contributed by atoms with van der Waals surface area (Å²) >= 11 is 0. The van der Waals surface area contributed by atoms with E-state index in [9.17, 15) is 4.79 Å². The highest BCUT2D eigenvalue weighted by atomic mass is 16.5. The van der Waals surface area contributed by atoms with E-state index in [0.29, 0.717) is 0 Å². The van der Waals surface area contributed by atoms with Gasteiger partial charge >= 0.3 is 5.97 Å². The summed E-state index contributed by atoms with van der Waals surface area (Å²) in [7, 11) is 0. The van der Waals surface area contributed by atoms with Crippen molar-refractivity contribution in [2.75, 3.05) is 6.61 Å². The number of rotatable bonds is 0. The smallest absolute Gasteiger partial charge is 0.362 e. The number of esters is 1. The third kappa shape index (κ3) is 0.790. The van der Waals surface area contributed by atoms with Crippen LogP contribution in [0.25, 0.3) is 0 Å². The molecule has 0 saturated carbocycles. The number of nitrogens with zero attached hydrogens (tertiary/aromatic N) is 2. The molecule has 0 bridgehead atoms. The monoisotopic (exact) mass is 144 g/mol. The van der Waals surface area contributed by atoms with Gasteiger partial charge in [0.1, 0.15) is 6.61 Å². The van der Waals surface area contributed by atoms with Gasteiger partial charge in [0.05, 0.1) is 0 Å². The van der Waals surface area contributed by atoms with Gasteiger partial charge in [-0.15, -0.1) is 0 Å². The molecule has 6 heteroatoms. The predicted molar refractivity (Wildman–Crippen MR) is 29.4 cm³/mol. The molecular weight excluding hydrogens is 140 g/mol. The van der Waals surface area contributed by atoms with Crippen molar-refractivity contribution in [2.24, 2.45) is 10.3 Å². The lowest BCUT2D eigenvalue weighted by molar-refractivity contribution is -0.132. The van der Waals surface area contributed by atoms with Gasteiger partial charge < -0.3 is 15.2 Å². The number of hydrogen-bond acceptors (Lipinski definition) is 6. The van der Waals surface area contributed by atoms with Crippen LogP contribution in [0.3, 0.4) is 0 Å². The number of carbonyl (C=O) groups excluding carboxylic acids is 1. The molecule has 1 fully saturated rings. The second kappa shape index (κ2) is 2.34. The van der Waals surface area contributed by atoms with Crippen molar-refractivity contribution < 1.29 is 19.9 Å². The standard InChI is InChI=1S/C4H4N2O4/c7-4-3(6-9)2(5-8)1-10-4/h8-9H,1H2/b5-2+,6-3+. The summed E-state index contributed by atoms with van der Waals surface area (Å²) < 4.78 is 4.34. The van der Waals surface area contributed by atoms with Gasteiger partial charge in [-0.05, 0) is 0 Å². The Balaban J connectivity index is 2.95. The fourth-order valence-corrected chi connectivity index (χ4v) is 0.563. The average Bonchev–Trinajstić information content (AvgIpc) is 2.30. The Kier molecular flexibility index (Phi) is 1.53. The first-order valence-corrected chi connectivity index (χ1v) is 2.40. The maximum atomic E-state index is 10.5. The number of ether oxygens (including phenoxy) is 1. The molecule has 0 aromatic rings. The van der Waals surface area contributed by atoms with Gasteiger partial charge in [-0.2, -0.15) is 0 Å². The molecule has 1 saturated heterocycles. The molecule has 0 aliphatic carbocycles. The van der Waals surface area contributed by atoms with Crippen molar-refractivity contribution in [3.8, 4) is 0 Å². The van der Waals surface area contributed by atoms with Crippen LogP contribution in [0.15, 0.2) is 10.3 Å². The lowest BCUT2D eigenvalue weighted by atomic mass is 10.3. The lowest BCUT2D eigenvalue weighted by Crippen LogP contribution is -2.14. The molecule has 54 valence electrons. The van der Waals surface area contributed by atoms with Crippen LogP contribution in [0.1, 0.15) is 0 Å². The van der Waals surface area contributed by atoms with E-state index >= 15 is 0 Å².